The van der Waals surface area contributed by atoms with Crippen LogP contribution < -0.4 is 5.32 Å². The van der Waals surface area contributed by atoms with Gasteiger partial charge in [0.2, 0.25) is 0 Å². The summed E-state index contributed by atoms with van der Waals surface area (Å²) in [6.45, 7) is 1.23. The molecule has 0 aromatic carbocycles. The second-order valence-corrected chi connectivity index (χ2v) is 6.91. The summed E-state index contributed by atoms with van der Waals surface area (Å²) < 4.78 is 0. The second kappa shape index (κ2) is 4.55. The maximum absolute atomic E-state index is 3.97. The fourth-order valence-corrected chi connectivity index (χ4v) is 3.75. The highest BCUT2D eigenvalue weighted by Crippen LogP contribution is 2.45. The molecule has 3 aliphatic carbocycles. The van der Waals surface area contributed by atoms with E-state index in [1.807, 2.05) is 0 Å². The number of hydrogen-bond donors (Lipinski definition) is 1. The van der Waals surface area contributed by atoms with E-state index in [0.29, 0.717) is 5.54 Å². The van der Waals surface area contributed by atoms with Crippen LogP contribution in [0, 0.1) is 11.8 Å². The van der Waals surface area contributed by atoms with Crippen molar-refractivity contribution in [3.8, 4) is 0 Å². The van der Waals surface area contributed by atoms with Crippen molar-refractivity contribution in [3.05, 3.63) is 0 Å². The van der Waals surface area contributed by atoms with Gasteiger partial charge >= 0.3 is 0 Å². The first-order valence-corrected chi connectivity index (χ1v) is 7.62. The monoisotopic (exact) mass is 236 g/mol. The van der Waals surface area contributed by atoms with Crippen molar-refractivity contribution in [3.63, 3.8) is 0 Å². The average molecular weight is 236 g/mol. The Kier molecular flexibility index (Phi) is 3.20. The fourth-order valence-electron chi connectivity index (χ4n) is 3.75. The molecule has 98 valence electrons. The molecule has 0 heterocycles. The van der Waals surface area contributed by atoms with Crippen LogP contribution in [0.3, 0.4) is 0 Å². The van der Waals surface area contributed by atoms with Gasteiger partial charge in [-0.15, -0.1) is 0 Å². The van der Waals surface area contributed by atoms with Crippen molar-refractivity contribution >= 4 is 0 Å². The Morgan fingerprint density at radius 3 is 2.00 bits per heavy atom. The van der Waals surface area contributed by atoms with Crippen LogP contribution in [0.1, 0.15) is 51.4 Å². The highest BCUT2D eigenvalue weighted by atomic mass is 15.2. The zero-order valence-corrected chi connectivity index (χ0v) is 11.5. The molecule has 0 unspecified atom stereocenters. The van der Waals surface area contributed by atoms with E-state index in [1.54, 1.807) is 0 Å². The molecule has 3 saturated carbocycles. The first kappa shape index (κ1) is 12.0. The molecule has 0 amide bonds. The summed E-state index contributed by atoms with van der Waals surface area (Å²) in [5.74, 6) is 2.06. The third-order valence-corrected chi connectivity index (χ3v) is 5.41. The number of hydrogen-bond acceptors (Lipinski definition) is 2. The highest BCUT2D eigenvalue weighted by Gasteiger charge is 2.43. The maximum atomic E-state index is 3.97. The summed E-state index contributed by atoms with van der Waals surface area (Å²) in [5, 5.41) is 3.97. The zero-order valence-electron chi connectivity index (χ0n) is 11.5. The molecule has 17 heavy (non-hydrogen) atoms. The predicted molar refractivity (Wildman–Crippen MR) is 72.1 cm³/mol. The third-order valence-electron chi connectivity index (χ3n) is 5.41. The lowest BCUT2D eigenvalue weighted by atomic mass is 9.94. The Morgan fingerprint density at radius 1 is 1.06 bits per heavy atom. The minimum Gasteiger partial charge on any atom is -0.312 e. The van der Waals surface area contributed by atoms with Gasteiger partial charge in [0, 0.05) is 18.1 Å². The molecule has 2 nitrogen and oxygen atoms in total. The smallest absolute Gasteiger partial charge is 0.0327 e. The van der Waals surface area contributed by atoms with Gasteiger partial charge in [-0.1, -0.05) is 12.8 Å². The Hall–Kier alpha value is -0.0800. The van der Waals surface area contributed by atoms with Crippen molar-refractivity contribution in [2.75, 3.05) is 20.6 Å². The molecule has 0 aliphatic heterocycles. The van der Waals surface area contributed by atoms with Crippen LogP contribution in [0.15, 0.2) is 0 Å². The second-order valence-electron chi connectivity index (χ2n) is 6.91. The summed E-state index contributed by atoms with van der Waals surface area (Å²) in [7, 11) is 4.55. The molecule has 0 saturated heterocycles. The Morgan fingerprint density at radius 2 is 1.59 bits per heavy atom. The van der Waals surface area contributed by atoms with Crippen LogP contribution in [0.4, 0.5) is 0 Å². The van der Waals surface area contributed by atoms with Gasteiger partial charge in [0.1, 0.15) is 0 Å². The SMILES string of the molecule is CN(C)C1(CNC(C2CC2)C2CC2)CCCC1. The topological polar surface area (TPSA) is 15.3 Å². The zero-order chi connectivity index (χ0) is 11.9. The number of rotatable bonds is 6. The number of nitrogens with one attached hydrogen (secondary N) is 1. The quantitative estimate of drug-likeness (QED) is 0.763. The van der Waals surface area contributed by atoms with Crippen molar-refractivity contribution in [1.29, 1.82) is 0 Å². The number of likely N-dealkylation sites (N-methyl/N-ethyl adjacent to an activating group) is 1. The average Bonchev–Trinajstić information content (AvgIpc) is 3.21. The van der Waals surface area contributed by atoms with Crippen LogP contribution in [-0.4, -0.2) is 37.1 Å². The van der Waals surface area contributed by atoms with Crippen LogP contribution >= 0.6 is 0 Å². The summed E-state index contributed by atoms with van der Waals surface area (Å²) in [4.78, 5) is 2.49. The summed E-state index contributed by atoms with van der Waals surface area (Å²) >= 11 is 0. The standard InChI is InChI=1S/C15H28N2/c1-17(2)15(9-3-4-10-15)11-16-14(12-5-6-12)13-7-8-13/h12-14,16H,3-11H2,1-2H3. The summed E-state index contributed by atoms with van der Waals surface area (Å²) in [5.41, 5.74) is 0.474. The van der Waals surface area contributed by atoms with E-state index in [4.69, 9.17) is 0 Å². The molecule has 0 radical (unpaired) electrons. The van der Waals surface area contributed by atoms with Crippen LogP contribution in [0.5, 0.6) is 0 Å². The van der Waals surface area contributed by atoms with E-state index in [9.17, 15) is 0 Å². The van der Waals surface area contributed by atoms with Gasteiger partial charge in [0.05, 0.1) is 0 Å². The van der Waals surface area contributed by atoms with Gasteiger partial charge in [0.15, 0.2) is 0 Å². The van der Waals surface area contributed by atoms with E-state index < -0.39 is 0 Å². The highest BCUT2D eigenvalue weighted by molar-refractivity contribution is 5.00. The van der Waals surface area contributed by atoms with Gasteiger partial charge in [-0.3, -0.25) is 0 Å². The van der Waals surface area contributed by atoms with Crippen molar-refractivity contribution in [2.24, 2.45) is 11.8 Å². The molecule has 1 N–H and O–H groups in total. The van der Waals surface area contributed by atoms with E-state index >= 15 is 0 Å². The van der Waals surface area contributed by atoms with Gasteiger partial charge in [0.25, 0.3) is 0 Å². The molecule has 3 rings (SSSR count). The molecule has 0 aromatic heterocycles. The fraction of sp³-hybridized carbons (Fsp3) is 1.00. The Balaban J connectivity index is 1.57. The Labute approximate surface area is 106 Å². The largest absolute Gasteiger partial charge is 0.312 e. The number of nitrogens with zero attached hydrogens (tertiary/aromatic N) is 1. The van der Waals surface area contributed by atoms with Crippen LogP contribution in [0.2, 0.25) is 0 Å². The van der Waals surface area contributed by atoms with Crippen molar-refractivity contribution in [1.82, 2.24) is 10.2 Å². The predicted octanol–water partition coefficient (Wildman–Crippen LogP) is 2.64. The lowest BCUT2D eigenvalue weighted by Crippen LogP contribution is -2.52. The molecule has 2 heteroatoms. The molecule has 0 atom stereocenters. The van der Waals surface area contributed by atoms with Crippen molar-refractivity contribution in [2.45, 2.75) is 62.9 Å². The van der Waals surface area contributed by atoms with E-state index in [-0.39, 0.29) is 0 Å². The van der Waals surface area contributed by atoms with Crippen LogP contribution in [-0.2, 0) is 0 Å². The lowest BCUT2D eigenvalue weighted by Gasteiger charge is -2.38. The molecule has 0 bridgehead atoms. The normalized spacial score (nSPS) is 28.2. The van der Waals surface area contributed by atoms with E-state index in [0.717, 1.165) is 17.9 Å². The minimum absolute atomic E-state index is 0.474. The molecule has 3 aliphatic rings. The van der Waals surface area contributed by atoms with Gasteiger partial charge in [-0.05, 0) is 64.5 Å². The van der Waals surface area contributed by atoms with Crippen molar-refractivity contribution < 1.29 is 0 Å². The maximum Gasteiger partial charge on any atom is 0.0327 e. The van der Waals surface area contributed by atoms with E-state index in [1.165, 1.54) is 57.9 Å². The molecule has 3 fully saturated rings. The first-order chi connectivity index (χ1) is 8.21. The first-order valence-electron chi connectivity index (χ1n) is 7.62. The Bertz CT molecular complexity index is 248. The minimum atomic E-state index is 0.474. The molecule has 0 spiro atoms. The lowest BCUT2D eigenvalue weighted by molar-refractivity contribution is 0.145. The van der Waals surface area contributed by atoms with Gasteiger partial charge < -0.3 is 10.2 Å². The van der Waals surface area contributed by atoms with Crippen LogP contribution in [0.25, 0.3) is 0 Å². The van der Waals surface area contributed by atoms with Gasteiger partial charge in [-0.2, -0.15) is 0 Å². The van der Waals surface area contributed by atoms with Gasteiger partial charge in [-0.25, -0.2) is 0 Å². The molecular formula is C15H28N2. The summed E-state index contributed by atoms with van der Waals surface area (Å²) in [6.07, 6.45) is 11.6. The van der Waals surface area contributed by atoms with E-state index in [2.05, 4.69) is 24.3 Å². The molecule has 0 aromatic rings. The summed E-state index contributed by atoms with van der Waals surface area (Å²) in [6, 6.07) is 0.868. The third kappa shape index (κ3) is 2.53. The molecular weight excluding hydrogens is 208 g/mol.